The van der Waals surface area contributed by atoms with Crippen molar-refractivity contribution >= 4 is 40.5 Å². The van der Waals surface area contributed by atoms with Crippen LogP contribution in [-0.4, -0.2) is 26.3 Å². The summed E-state index contributed by atoms with van der Waals surface area (Å²) in [4.78, 5) is 12.8. The Morgan fingerprint density at radius 1 is 1.29 bits per heavy atom. The minimum atomic E-state index is 0.0944. The van der Waals surface area contributed by atoms with E-state index in [0.29, 0.717) is 34.1 Å². The number of hydrogen-bond donors (Lipinski definition) is 0. The zero-order valence-corrected chi connectivity index (χ0v) is 15.2. The Bertz CT molecular complexity index is 816. The third-order valence-corrected chi connectivity index (χ3v) is 5.42. The largest absolute Gasteiger partial charge is 0.486 e. The van der Waals surface area contributed by atoms with E-state index in [-0.39, 0.29) is 5.78 Å². The van der Waals surface area contributed by atoms with Gasteiger partial charge in [0, 0.05) is 12.1 Å². The third-order valence-electron chi connectivity index (χ3n) is 3.24. The van der Waals surface area contributed by atoms with Gasteiger partial charge >= 0.3 is 0 Å². The second kappa shape index (κ2) is 7.83. The van der Waals surface area contributed by atoms with E-state index in [9.17, 15) is 4.79 Å². The maximum Gasteiger partial charge on any atom is 0.191 e. The average Bonchev–Trinajstić information content (AvgIpc) is 3.23. The van der Waals surface area contributed by atoms with Gasteiger partial charge in [0.2, 0.25) is 0 Å². The van der Waals surface area contributed by atoms with Gasteiger partial charge in [-0.25, -0.2) is 0 Å². The van der Waals surface area contributed by atoms with Gasteiger partial charge in [-0.1, -0.05) is 29.4 Å². The van der Waals surface area contributed by atoms with E-state index in [0.717, 1.165) is 4.88 Å². The Labute approximate surface area is 152 Å². The van der Waals surface area contributed by atoms with E-state index >= 15 is 0 Å². The Kier molecular flexibility index (Phi) is 5.55. The van der Waals surface area contributed by atoms with Crippen molar-refractivity contribution in [3.05, 3.63) is 57.5 Å². The predicted octanol–water partition coefficient (Wildman–Crippen LogP) is 4.08. The molecule has 3 aromatic rings. The molecule has 0 atom stereocenters. The highest BCUT2D eigenvalue weighted by Gasteiger charge is 2.13. The number of aromatic nitrogens is 3. The SMILES string of the molecule is Cn1c(COc2ccc(Cl)cc2)nnc1SCC(=O)c1cccs1. The molecule has 0 N–H and O–H groups in total. The standard InChI is InChI=1S/C16H14ClN3O2S2/c1-20-15(9-22-12-6-4-11(17)5-7-12)18-19-16(20)24-10-13(21)14-3-2-8-23-14/h2-8H,9-10H2,1H3. The van der Waals surface area contributed by atoms with Crippen molar-refractivity contribution in [1.82, 2.24) is 14.8 Å². The molecule has 1 aromatic carbocycles. The van der Waals surface area contributed by atoms with Crippen molar-refractivity contribution in [2.75, 3.05) is 5.75 Å². The molecule has 0 saturated carbocycles. The number of benzene rings is 1. The fraction of sp³-hybridized carbons (Fsp3) is 0.188. The lowest BCUT2D eigenvalue weighted by Crippen LogP contribution is -2.05. The highest BCUT2D eigenvalue weighted by Crippen LogP contribution is 2.20. The number of thioether (sulfide) groups is 1. The second-order valence-electron chi connectivity index (χ2n) is 4.89. The molecule has 5 nitrogen and oxygen atoms in total. The summed E-state index contributed by atoms with van der Waals surface area (Å²) in [6, 6.07) is 10.8. The molecule has 2 heterocycles. The number of rotatable bonds is 7. The van der Waals surface area contributed by atoms with Gasteiger partial charge in [0.1, 0.15) is 12.4 Å². The van der Waals surface area contributed by atoms with Crippen LogP contribution in [0.3, 0.4) is 0 Å². The number of ether oxygens (including phenoxy) is 1. The first-order valence-electron chi connectivity index (χ1n) is 7.09. The van der Waals surface area contributed by atoms with Gasteiger partial charge < -0.3 is 9.30 Å². The van der Waals surface area contributed by atoms with Crippen LogP contribution >= 0.6 is 34.7 Å². The van der Waals surface area contributed by atoms with Gasteiger partial charge in [-0.05, 0) is 35.7 Å². The molecule has 24 heavy (non-hydrogen) atoms. The van der Waals surface area contributed by atoms with E-state index in [4.69, 9.17) is 16.3 Å². The quantitative estimate of drug-likeness (QED) is 0.457. The number of carbonyl (C=O) groups is 1. The van der Waals surface area contributed by atoms with Crippen molar-refractivity contribution < 1.29 is 9.53 Å². The first-order valence-corrected chi connectivity index (χ1v) is 9.34. The molecule has 0 aliphatic carbocycles. The van der Waals surface area contributed by atoms with Crippen LogP contribution < -0.4 is 4.74 Å². The van der Waals surface area contributed by atoms with E-state index in [2.05, 4.69) is 10.2 Å². The summed E-state index contributed by atoms with van der Waals surface area (Å²) in [5, 5.41) is 11.5. The molecule has 124 valence electrons. The van der Waals surface area contributed by atoms with Crippen LogP contribution in [0.25, 0.3) is 0 Å². The molecule has 0 radical (unpaired) electrons. The van der Waals surface area contributed by atoms with E-state index in [1.807, 2.05) is 29.1 Å². The summed E-state index contributed by atoms with van der Waals surface area (Å²) in [7, 11) is 1.86. The summed E-state index contributed by atoms with van der Waals surface area (Å²) in [6.07, 6.45) is 0. The van der Waals surface area contributed by atoms with Crippen LogP contribution in [0.1, 0.15) is 15.5 Å². The van der Waals surface area contributed by atoms with Gasteiger partial charge in [0.05, 0.1) is 10.6 Å². The number of ketones is 1. The summed E-state index contributed by atoms with van der Waals surface area (Å²) in [6.45, 7) is 0.296. The number of hydrogen-bond acceptors (Lipinski definition) is 6. The third kappa shape index (κ3) is 4.17. The lowest BCUT2D eigenvalue weighted by Gasteiger charge is -2.06. The fourth-order valence-corrected chi connectivity index (χ4v) is 3.61. The first kappa shape index (κ1) is 17.0. The smallest absolute Gasteiger partial charge is 0.191 e. The summed E-state index contributed by atoms with van der Waals surface area (Å²) >= 11 is 8.66. The van der Waals surface area contributed by atoms with Crippen LogP contribution in [0.15, 0.2) is 46.9 Å². The number of nitrogens with zero attached hydrogens (tertiary/aromatic N) is 3. The molecule has 0 unspecified atom stereocenters. The summed E-state index contributed by atoms with van der Waals surface area (Å²) < 4.78 is 7.50. The zero-order valence-electron chi connectivity index (χ0n) is 12.8. The van der Waals surface area contributed by atoms with Crippen molar-refractivity contribution in [2.24, 2.45) is 7.05 Å². The molecular formula is C16H14ClN3O2S2. The van der Waals surface area contributed by atoms with Gasteiger partial charge in [0.15, 0.2) is 16.8 Å². The monoisotopic (exact) mass is 379 g/mol. The fourth-order valence-electron chi connectivity index (χ4n) is 1.91. The Morgan fingerprint density at radius 3 is 2.79 bits per heavy atom. The number of Topliss-reactive ketones (excluding diaryl/α,β-unsaturated/α-hetero) is 1. The number of thiophene rings is 1. The predicted molar refractivity (Wildman–Crippen MR) is 96.2 cm³/mol. The molecule has 2 aromatic heterocycles. The summed E-state index contributed by atoms with van der Waals surface area (Å²) in [5.41, 5.74) is 0. The normalized spacial score (nSPS) is 10.8. The maximum absolute atomic E-state index is 12.0. The lowest BCUT2D eigenvalue weighted by molar-refractivity contribution is 0.102. The van der Waals surface area contributed by atoms with E-state index in [1.165, 1.54) is 23.1 Å². The Morgan fingerprint density at radius 2 is 2.08 bits per heavy atom. The Balaban J connectivity index is 1.57. The van der Waals surface area contributed by atoms with Crippen molar-refractivity contribution in [3.63, 3.8) is 0 Å². The van der Waals surface area contributed by atoms with Gasteiger partial charge in [-0.2, -0.15) is 0 Å². The molecule has 0 amide bonds. The molecule has 0 spiro atoms. The summed E-state index contributed by atoms with van der Waals surface area (Å²) in [5.74, 6) is 1.84. The highest BCUT2D eigenvalue weighted by molar-refractivity contribution is 7.99. The molecule has 0 fully saturated rings. The van der Waals surface area contributed by atoms with Crippen LogP contribution in [0, 0.1) is 0 Å². The van der Waals surface area contributed by atoms with Crippen molar-refractivity contribution in [3.8, 4) is 5.75 Å². The molecule has 3 rings (SSSR count). The molecule has 0 saturated heterocycles. The number of carbonyl (C=O) groups excluding carboxylic acids is 1. The van der Waals surface area contributed by atoms with E-state index in [1.54, 1.807) is 24.3 Å². The molecule has 0 aliphatic heterocycles. The minimum Gasteiger partial charge on any atom is -0.486 e. The van der Waals surface area contributed by atoms with Crippen LogP contribution in [0.2, 0.25) is 5.02 Å². The zero-order chi connectivity index (χ0) is 16.9. The second-order valence-corrected chi connectivity index (χ2v) is 7.22. The van der Waals surface area contributed by atoms with Crippen molar-refractivity contribution in [1.29, 1.82) is 0 Å². The van der Waals surface area contributed by atoms with Crippen LogP contribution in [-0.2, 0) is 13.7 Å². The molecule has 0 aliphatic rings. The molecular weight excluding hydrogens is 366 g/mol. The average molecular weight is 380 g/mol. The van der Waals surface area contributed by atoms with Crippen LogP contribution in [0.5, 0.6) is 5.75 Å². The first-order chi connectivity index (χ1) is 11.6. The number of halogens is 1. The minimum absolute atomic E-state index is 0.0944. The van der Waals surface area contributed by atoms with Crippen LogP contribution in [0.4, 0.5) is 0 Å². The topological polar surface area (TPSA) is 57.0 Å². The van der Waals surface area contributed by atoms with E-state index < -0.39 is 0 Å². The van der Waals surface area contributed by atoms with Gasteiger partial charge in [0.25, 0.3) is 0 Å². The molecule has 8 heteroatoms. The van der Waals surface area contributed by atoms with Crippen molar-refractivity contribution in [2.45, 2.75) is 11.8 Å². The molecule has 0 bridgehead atoms. The Hall–Kier alpha value is -1.83. The van der Waals surface area contributed by atoms with Gasteiger partial charge in [-0.3, -0.25) is 4.79 Å². The lowest BCUT2D eigenvalue weighted by atomic mass is 10.3. The van der Waals surface area contributed by atoms with Gasteiger partial charge in [-0.15, -0.1) is 21.5 Å². The highest BCUT2D eigenvalue weighted by atomic mass is 35.5. The maximum atomic E-state index is 12.0.